The molecule has 1 unspecified atom stereocenters. The summed E-state index contributed by atoms with van der Waals surface area (Å²) in [6.45, 7) is 1.72. The van der Waals surface area contributed by atoms with E-state index in [2.05, 4.69) is 9.97 Å². The molecule has 88 valence electrons. The lowest BCUT2D eigenvalue weighted by Gasteiger charge is -2.08. The third-order valence-electron chi connectivity index (χ3n) is 2.66. The predicted octanol–water partition coefficient (Wildman–Crippen LogP) is 1.50. The number of aromatic nitrogens is 2. The number of para-hydroxylation sites is 2. The van der Waals surface area contributed by atoms with Gasteiger partial charge in [-0.25, -0.2) is 4.98 Å². The average molecular weight is 232 g/mol. The highest BCUT2D eigenvalue weighted by Gasteiger charge is 2.22. The van der Waals surface area contributed by atoms with Gasteiger partial charge in [-0.3, -0.25) is 9.59 Å². The van der Waals surface area contributed by atoms with Crippen molar-refractivity contribution in [2.24, 2.45) is 0 Å². The van der Waals surface area contributed by atoms with Crippen LogP contribution in [0.25, 0.3) is 11.0 Å². The van der Waals surface area contributed by atoms with Crippen LogP contribution in [0.5, 0.6) is 0 Å². The molecule has 0 aliphatic carbocycles. The predicted molar refractivity (Wildman–Crippen MR) is 63.0 cm³/mol. The van der Waals surface area contributed by atoms with E-state index < -0.39 is 17.4 Å². The molecule has 0 saturated carbocycles. The highest BCUT2D eigenvalue weighted by Crippen LogP contribution is 2.16. The van der Waals surface area contributed by atoms with Crippen molar-refractivity contribution in [3.63, 3.8) is 0 Å². The molecule has 0 aliphatic rings. The Morgan fingerprint density at radius 1 is 1.47 bits per heavy atom. The van der Waals surface area contributed by atoms with Crippen LogP contribution < -0.4 is 5.56 Å². The summed E-state index contributed by atoms with van der Waals surface area (Å²) in [4.78, 5) is 29.6. The van der Waals surface area contributed by atoms with Gasteiger partial charge in [0, 0.05) is 0 Å². The van der Waals surface area contributed by atoms with Crippen molar-refractivity contribution in [1.82, 2.24) is 9.97 Å². The van der Waals surface area contributed by atoms with Crippen LogP contribution in [0.15, 0.2) is 29.1 Å². The van der Waals surface area contributed by atoms with E-state index in [1.807, 2.05) is 0 Å². The first-order valence-corrected chi connectivity index (χ1v) is 5.35. The molecule has 1 aromatic heterocycles. The Labute approximate surface area is 97.1 Å². The third kappa shape index (κ3) is 2.04. The van der Waals surface area contributed by atoms with Crippen molar-refractivity contribution in [1.29, 1.82) is 0 Å². The van der Waals surface area contributed by atoms with Crippen molar-refractivity contribution in [2.75, 3.05) is 0 Å². The Balaban J connectivity index is 2.65. The minimum absolute atomic E-state index is 0.0682. The molecule has 0 aliphatic heterocycles. The maximum atomic E-state index is 11.8. The first-order chi connectivity index (χ1) is 8.13. The van der Waals surface area contributed by atoms with Crippen molar-refractivity contribution in [3.05, 3.63) is 40.3 Å². The van der Waals surface area contributed by atoms with E-state index in [0.717, 1.165) is 0 Å². The number of H-pyrrole nitrogens is 1. The SMILES string of the molecule is CCC(C(=O)O)c1nc2ccccc2[nH]c1=O. The Morgan fingerprint density at radius 2 is 2.18 bits per heavy atom. The topological polar surface area (TPSA) is 83.0 Å². The number of nitrogens with zero attached hydrogens (tertiary/aromatic N) is 1. The number of fused-ring (bicyclic) bond motifs is 1. The normalized spacial score (nSPS) is 12.5. The molecule has 17 heavy (non-hydrogen) atoms. The maximum Gasteiger partial charge on any atom is 0.312 e. The molecule has 0 spiro atoms. The summed E-state index contributed by atoms with van der Waals surface area (Å²) in [5, 5.41) is 9.03. The van der Waals surface area contributed by atoms with Gasteiger partial charge in [0.2, 0.25) is 0 Å². The van der Waals surface area contributed by atoms with Crippen LogP contribution >= 0.6 is 0 Å². The number of carboxylic acid groups (broad SMARTS) is 1. The minimum atomic E-state index is -1.03. The van der Waals surface area contributed by atoms with Gasteiger partial charge in [-0.15, -0.1) is 0 Å². The van der Waals surface area contributed by atoms with Gasteiger partial charge in [-0.1, -0.05) is 19.1 Å². The van der Waals surface area contributed by atoms with Crippen LogP contribution in [0.3, 0.4) is 0 Å². The fourth-order valence-corrected chi connectivity index (χ4v) is 1.76. The Bertz CT molecular complexity index is 618. The number of rotatable bonds is 3. The molecule has 0 fully saturated rings. The lowest BCUT2D eigenvalue weighted by Crippen LogP contribution is -2.23. The quantitative estimate of drug-likeness (QED) is 0.840. The van der Waals surface area contributed by atoms with Crippen LogP contribution in [0.4, 0.5) is 0 Å². The number of nitrogens with one attached hydrogen (secondary N) is 1. The van der Waals surface area contributed by atoms with Gasteiger partial charge in [0.15, 0.2) is 0 Å². The summed E-state index contributed by atoms with van der Waals surface area (Å²) >= 11 is 0. The molecule has 2 N–H and O–H groups in total. The zero-order valence-electron chi connectivity index (χ0n) is 9.30. The van der Waals surface area contributed by atoms with Crippen LogP contribution in [0.2, 0.25) is 0 Å². The van der Waals surface area contributed by atoms with Gasteiger partial charge < -0.3 is 10.1 Å². The van der Waals surface area contributed by atoms with Gasteiger partial charge in [-0.2, -0.15) is 0 Å². The number of hydrogen-bond acceptors (Lipinski definition) is 3. The molecule has 1 heterocycles. The van der Waals surface area contributed by atoms with E-state index in [4.69, 9.17) is 5.11 Å². The second kappa shape index (κ2) is 4.37. The Hall–Kier alpha value is -2.17. The molecule has 1 atom stereocenters. The number of carbonyl (C=O) groups is 1. The number of carboxylic acids is 1. The van der Waals surface area contributed by atoms with E-state index in [-0.39, 0.29) is 5.69 Å². The maximum absolute atomic E-state index is 11.8. The van der Waals surface area contributed by atoms with Crippen molar-refractivity contribution in [3.8, 4) is 0 Å². The van der Waals surface area contributed by atoms with Gasteiger partial charge in [0.1, 0.15) is 11.6 Å². The van der Waals surface area contributed by atoms with Gasteiger partial charge in [0.05, 0.1) is 11.0 Å². The van der Waals surface area contributed by atoms with Crippen molar-refractivity contribution in [2.45, 2.75) is 19.3 Å². The average Bonchev–Trinajstić information content (AvgIpc) is 2.30. The second-order valence-corrected chi connectivity index (χ2v) is 3.77. The van der Waals surface area contributed by atoms with Gasteiger partial charge in [-0.05, 0) is 18.6 Å². The first-order valence-electron chi connectivity index (χ1n) is 5.35. The number of aliphatic carboxylic acids is 1. The van der Waals surface area contributed by atoms with Gasteiger partial charge >= 0.3 is 5.97 Å². The molecule has 2 rings (SSSR count). The Morgan fingerprint density at radius 3 is 2.82 bits per heavy atom. The third-order valence-corrected chi connectivity index (χ3v) is 2.66. The van der Waals surface area contributed by atoms with E-state index in [1.54, 1.807) is 31.2 Å². The number of hydrogen-bond donors (Lipinski definition) is 2. The molecule has 5 nitrogen and oxygen atoms in total. The molecule has 2 aromatic rings. The summed E-state index contributed by atoms with van der Waals surface area (Å²) in [6.07, 6.45) is 0.337. The van der Waals surface area contributed by atoms with Crippen molar-refractivity contribution >= 4 is 17.0 Å². The van der Waals surface area contributed by atoms with Crippen LogP contribution in [0.1, 0.15) is 25.0 Å². The summed E-state index contributed by atoms with van der Waals surface area (Å²) in [7, 11) is 0. The summed E-state index contributed by atoms with van der Waals surface area (Å²) in [5.74, 6) is -1.89. The molecule has 0 bridgehead atoms. The highest BCUT2D eigenvalue weighted by molar-refractivity contribution is 5.78. The number of aromatic amines is 1. The van der Waals surface area contributed by atoms with Crippen LogP contribution in [-0.4, -0.2) is 21.0 Å². The number of benzene rings is 1. The Kier molecular flexibility index (Phi) is 2.91. The van der Waals surface area contributed by atoms with E-state index in [1.165, 1.54) is 0 Å². The standard InChI is InChI=1S/C12H12N2O3/c1-2-7(12(16)17)10-11(15)14-9-6-4-3-5-8(9)13-10/h3-7H,2H2,1H3,(H,14,15)(H,16,17). The molecular weight excluding hydrogens is 220 g/mol. The highest BCUT2D eigenvalue weighted by atomic mass is 16.4. The summed E-state index contributed by atoms with van der Waals surface area (Å²) in [5.41, 5.74) is 0.847. The molecule has 1 aromatic carbocycles. The minimum Gasteiger partial charge on any atom is -0.481 e. The zero-order chi connectivity index (χ0) is 12.4. The zero-order valence-corrected chi connectivity index (χ0v) is 9.30. The monoisotopic (exact) mass is 232 g/mol. The van der Waals surface area contributed by atoms with Crippen LogP contribution in [0, 0.1) is 0 Å². The first kappa shape index (κ1) is 11.3. The molecular formula is C12H12N2O3. The molecule has 0 saturated heterocycles. The molecule has 5 heteroatoms. The smallest absolute Gasteiger partial charge is 0.312 e. The van der Waals surface area contributed by atoms with E-state index >= 15 is 0 Å². The fraction of sp³-hybridized carbons (Fsp3) is 0.250. The molecule has 0 radical (unpaired) electrons. The van der Waals surface area contributed by atoms with Crippen LogP contribution in [-0.2, 0) is 4.79 Å². The lowest BCUT2D eigenvalue weighted by atomic mass is 10.0. The molecule has 0 amide bonds. The lowest BCUT2D eigenvalue weighted by molar-refractivity contribution is -0.139. The van der Waals surface area contributed by atoms with E-state index in [0.29, 0.717) is 17.5 Å². The fourth-order valence-electron chi connectivity index (χ4n) is 1.76. The summed E-state index contributed by atoms with van der Waals surface area (Å²) in [6, 6.07) is 7.05. The van der Waals surface area contributed by atoms with E-state index in [9.17, 15) is 9.59 Å². The second-order valence-electron chi connectivity index (χ2n) is 3.77. The summed E-state index contributed by atoms with van der Waals surface area (Å²) < 4.78 is 0. The van der Waals surface area contributed by atoms with Crippen molar-refractivity contribution < 1.29 is 9.90 Å². The largest absolute Gasteiger partial charge is 0.481 e. The van der Waals surface area contributed by atoms with Gasteiger partial charge in [0.25, 0.3) is 5.56 Å².